The van der Waals surface area contributed by atoms with E-state index in [1.54, 1.807) is 16.9 Å². The summed E-state index contributed by atoms with van der Waals surface area (Å²) in [6, 6.07) is 16.0. The van der Waals surface area contributed by atoms with E-state index >= 15 is 0 Å². The Morgan fingerprint density at radius 2 is 1.74 bits per heavy atom. The van der Waals surface area contributed by atoms with Crippen LogP contribution in [0.5, 0.6) is 0 Å². The normalized spacial score (nSPS) is 13.0. The van der Waals surface area contributed by atoms with E-state index in [1.165, 1.54) is 25.2 Å². The molecule has 0 aliphatic carbocycles. The summed E-state index contributed by atoms with van der Waals surface area (Å²) in [5.74, 6) is -0.590. The van der Waals surface area contributed by atoms with Crippen LogP contribution in [-0.4, -0.2) is 39.4 Å². The van der Waals surface area contributed by atoms with Crippen molar-refractivity contribution in [2.45, 2.75) is 6.54 Å². The number of carbonyl (C=O) groups excluding carboxylic acids is 3. The van der Waals surface area contributed by atoms with Crippen LogP contribution in [0.3, 0.4) is 0 Å². The van der Waals surface area contributed by atoms with Crippen molar-refractivity contribution in [3.63, 3.8) is 0 Å². The molecule has 0 radical (unpaired) electrons. The van der Waals surface area contributed by atoms with Crippen LogP contribution in [0.15, 0.2) is 60.8 Å². The zero-order valence-corrected chi connectivity index (χ0v) is 14.5. The maximum atomic E-state index is 12.6. The second kappa shape index (κ2) is 6.53. The Bertz CT molecular complexity index is 1060. The molecule has 1 N–H and O–H groups in total. The van der Waals surface area contributed by atoms with Crippen LogP contribution in [0.2, 0.25) is 0 Å². The second-order valence-corrected chi connectivity index (χ2v) is 6.24. The number of fused-ring (bicyclic) bond motifs is 1. The number of hydrogen-bond donors (Lipinski definition) is 1. The number of nitrogens with one attached hydrogen (secondary N) is 1. The van der Waals surface area contributed by atoms with Crippen LogP contribution < -0.4 is 5.32 Å². The van der Waals surface area contributed by atoms with Crippen molar-refractivity contribution >= 4 is 23.5 Å². The maximum absolute atomic E-state index is 12.6. The average molecular weight is 360 g/mol. The number of anilines is 1. The lowest BCUT2D eigenvalue weighted by Gasteiger charge is -2.09. The van der Waals surface area contributed by atoms with Crippen molar-refractivity contribution in [1.29, 1.82) is 0 Å². The van der Waals surface area contributed by atoms with Gasteiger partial charge in [-0.25, -0.2) is 4.68 Å². The molecule has 7 heteroatoms. The van der Waals surface area contributed by atoms with E-state index in [0.717, 1.165) is 10.5 Å². The highest BCUT2D eigenvalue weighted by Crippen LogP contribution is 2.23. The number of benzene rings is 2. The van der Waals surface area contributed by atoms with Crippen molar-refractivity contribution in [1.82, 2.24) is 14.7 Å². The van der Waals surface area contributed by atoms with Crippen molar-refractivity contribution in [2.24, 2.45) is 0 Å². The second-order valence-electron chi connectivity index (χ2n) is 6.24. The van der Waals surface area contributed by atoms with Gasteiger partial charge in [0.2, 0.25) is 0 Å². The van der Waals surface area contributed by atoms with Crippen LogP contribution in [0, 0.1) is 0 Å². The van der Waals surface area contributed by atoms with Gasteiger partial charge in [0.25, 0.3) is 17.7 Å². The number of rotatable bonds is 4. The summed E-state index contributed by atoms with van der Waals surface area (Å²) < 4.78 is 1.68. The van der Waals surface area contributed by atoms with Gasteiger partial charge in [-0.2, -0.15) is 5.10 Å². The highest BCUT2D eigenvalue weighted by atomic mass is 16.2. The summed E-state index contributed by atoms with van der Waals surface area (Å²) >= 11 is 0. The molecule has 0 atom stereocenters. The SMILES string of the molecule is CN1C(=O)c2ccc(C(=O)Nc3ccnn3Cc3ccccc3)cc2C1=O. The molecule has 0 saturated carbocycles. The van der Waals surface area contributed by atoms with Crippen molar-refractivity contribution in [3.05, 3.63) is 83.0 Å². The fourth-order valence-electron chi connectivity index (χ4n) is 3.01. The molecule has 0 unspecified atom stereocenters. The molecule has 1 aromatic heterocycles. The first-order valence-electron chi connectivity index (χ1n) is 8.38. The van der Waals surface area contributed by atoms with Gasteiger partial charge in [0.15, 0.2) is 0 Å². The van der Waals surface area contributed by atoms with Crippen LogP contribution in [0.1, 0.15) is 36.6 Å². The number of aromatic nitrogens is 2. The first-order valence-corrected chi connectivity index (χ1v) is 8.38. The number of amides is 3. The van der Waals surface area contributed by atoms with Crippen LogP contribution in [0.4, 0.5) is 5.82 Å². The minimum absolute atomic E-state index is 0.243. The van der Waals surface area contributed by atoms with Gasteiger partial charge in [-0.1, -0.05) is 30.3 Å². The molecule has 134 valence electrons. The summed E-state index contributed by atoms with van der Waals surface area (Å²) in [5, 5.41) is 7.05. The van der Waals surface area contributed by atoms with E-state index in [4.69, 9.17) is 0 Å². The minimum atomic E-state index is -0.404. The third kappa shape index (κ3) is 2.99. The van der Waals surface area contributed by atoms with Crippen molar-refractivity contribution in [2.75, 3.05) is 12.4 Å². The lowest BCUT2D eigenvalue weighted by Crippen LogP contribution is -2.24. The molecule has 1 aliphatic rings. The largest absolute Gasteiger partial charge is 0.307 e. The molecule has 3 amide bonds. The summed E-state index contributed by atoms with van der Waals surface area (Å²) in [4.78, 5) is 37.7. The van der Waals surface area contributed by atoms with Gasteiger partial charge >= 0.3 is 0 Å². The minimum Gasteiger partial charge on any atom is -0.307 e. The van der Waals surface area contributed by atoms with E-state index in [0.29, 0.717) is 23.5 Å². The molecule has 2 aromatic carbocycles. The Morgan fingerprint density at radius 3 is 2.52 bits per heavy atom. The Hall–Kier alpha value is -3.74. The van der Waals surface area contributed by atoms with Crippen LogP contribution in [0.25, 0.3) is 0 Å². The average Bonchev–Trinajstić information content (AvgIpc) is 3.20. The third-order valence-electron chi connectivity index (χ3n) is 4.49. The van der Waals surface area contributed by atoms with Crippen LogP contribution in [-0.2, 0) is 6.54 Å². The molecule has 0 bridgehead atoms. The predicted molar refractivity (Wildman–Crippen MR) is 98.6 cm³/mol. The Kier molecular flexibility index (Phi) is 4.04. The topological polar surface area (TPSA) is 84.3 Å². The fraction of sp³-hybridized carbons (Fsp3) is 0.100. The maximum Gasteiger partial charge on any atom is 0.261 e. The summed E-state index contributed by atoms with van der Waals surface area (Å²) in [7, 11) is 1.42. The van der Waals surface area contributed by atoms with E-state index in [2.05, 4.69) is 10.4 Å². The lowest BCUT2D eigenvalue weighted by molar-refractivity contribution is 0.0693. The molecule has 1 aliphatic heterocycles. The standard InChI is InChI=1S/C20H16N4O3/c1-23-19(26)15-8-7-14(11-16(15)20(23)27)18(25)22-17-9-10-21-24(17)12-13-5-3-2-4-6-13/h2-11H,12H2,1H3,(H,22,25). The lowest BCUT2D eigenvalue weighted by atomic mass is 10.1. The molecule has 4 rings (SSSR count). The molecule has 0 fully saturated rings. The predicted octanol–water partition coefficient (Wildman–Crippen LogP) is 2.41. The van der Waals surface area contributed by atoms with Gasteiger partial charge in [-0.05, 0) is 23.8 Å². The highest BCUT2D eigenvalue weighted by Gasteiger charge is 2.33. The van der Waals surface area contributed by atoms with E-state index in [-0.39, 0.29) is 17.4 Å². The van der Waals surface area contributed by atoms with E-state index < -0.39 is 5.91 Å². The van der Waals surface area contributed by atoms with Crippen LogP contribution >= 0.6 is 0 Å². The summed E-state index contributed by atoms with van der Waals surface area (Å²) in [6.45, 7) is 0.519. The fourth-order valence-corrected chi connectivity index (χ4v) is 3.01. The van der Waals surface area contributed by atoms with Crippen molar-refractivity contribution in [3.8, 4) is 0 Å². The highest BCUT2D eigenvalue weighted by molar-refractivity contribution is 6.22. The summed E-state index contributed by atoms with van der Waals surface area (Å²) in [5.41, 5.74) is 1.92. The van der Waals surface area contributed by atoms with Gasteiger partial charge in [0, 0.05) is 18.7 Å². The third-order valence-corrected chi connectivity index (χ3v) is 4.49. The molecule has 7 nitrogen and oxygen atoms in total. The molecule has 2 heterocycles. The first-order chi connectivity index (χ1) is 13.0. The van der Waals surface area contributed by atoms with Gasteiger partial charge < -0.3 is 5.32 Å². The molecular formula is C20H16N4O3. The van der Waals surface area contributed by atoms with E-state index in [1.807, 2.05) is 30.3 Å². The molecule has 0 spiro atoms. The molecule has 3 aromatic rings. The first kappa shape index (κ1) is 16.7. The van der Waals surface area contributed by atoms with Crippen molar-refractivity contribution < 1.29 is 14.4 Å². The summed E-state index contributed by atoms with van der Waals surface area (Å²) in [6.07, 6.45) is 1.61. The molecule has 27 heavy (non-hydrogen) atoms. The quantitative estimate of drug-likeness (QED) is 0.724. The molecule has 0 saturated heterocycles. The Morgan fingerprint density at radius 1 is 1.00 bits per heavy atom. The number of nitrogens with zero attached hydrogens (tertiary/aromatic N) is 3. The Labute approximate surface area is 155 Å². The zero-order valence-electron chi connectivity index (χ0n) is 14.5. The monoisotopic (exact) mass is 360 g/mol. The van der Waals surface area contributed by atoms with Gasteiger partial charge in [0.1, 0.15) is 5.82 Å². The van der Waals surface area contributed by atoms with E-state index in [9.17, 15) is 14.4 Å². The number of hydrogen-bond acceptors (Lipinski definition) is 4. The zero-order chi connectivity index (χ0) is 19.0. The number of carbonyl (C=O) groups is 3. The van der Waals surface area contributed by atoms with Gasteiger partial charge in [-0.3, -0.25) is 19.3 Å². The Balaban J connectivity index is 1.55. The van der Waals surface area contributed by atoms with Gasteiger partial charge in [-0.15, -0.1) is 0 Å². The van der Waals surface area contributed by atoms with Gasteiger partial charge in [0.05, 0.1) is 23.9 Å². The molecular weight excluding hydrogens is 344 g/mol. The number of imide groups is 1. The smallest absolute Gasteiger partial charge is 0.261 e.